The summed E-state index contributed by atoms with van der Waals surface area (Å²) in [5.74, 6) is 1.11. The van der Waals surface area contributed by atoms with Gasteiger partial charge >= 0.3 is 0 Å². The van der Waals surface area contributed by atoms with Gasteiger partial charge in [-0.2, -0.15) is 0 Å². The first-order valence-electron chi connectivity index (χ1n) is 7.54. The van der Waals surface area contributed by atoms with Crippen LogP contribution in [-0.4, -0.2) is 20.4 Å². The van der Waals surface area contributed by atoms with Crippen molar-refractivity contribution in [3.05, 3.63) is 36.1 Å². The summed E-state index contributed by atoms with van der Waals surface area (Å²) in [6, 6.07) is 4.77. The quantitative estimate of drug-likeness (QED) is 0.788. The Morgan fingerprint density at radius 2 is 2.14 bits per heavy atom. The fraction of sp³-hybridized carbons (Fsp3) is 0.375. The number of hydrogen-bond acceptors (Lipinski definition) is 4. The molecule has 3 aromatic heterocycles. The summed E-state index contributed by atoms with van der Waals surface area (Å²) >= 11 is 1.73. The molecule has 3 aromatic rings. The number of nitrogens with one attached hydrogen (secondary N) is 1. The zero-order chi connectivity index (χ0) is 14.1. The molecule has 0 unspecified atom stereocenters. The maximum atomic E-state index is 4.77. The highest BCUT2D eigenvalue weighted by Crippen LogP contribution is 2.33. The van der Waals surface area contributed by atoms with E-state index in [0.717, 1.165) is 17.2 Å². The third kappa shape index (κ3) is 2.42. The van der Waals surface area contributed by atoms with E-state index in [0.29, 0.717) is 6.04 Å². The van der Waals surface area contributed by atoms with E-state index in [2.05, 4.69) is 32.2 Å². The maximum Gasteiger partial charge on any atom is 0.157 e. The molecule has 0 radical (unpaired) electrons. The molecule has 0 spiro atoms. The lowest BCUT2D eigenvalue weighted by molar-refractivity contribution is 0.462. The second-order valence-electron chi connectivity index (χ2n) is 5.57. The predicted octanol–water partition coefficient (Wildman–Crippen LogP) is 4.20. The molecule has 1 aliphatic carbocycles. The predicted molar refractivity (Wildman–Crippen MR) is 86.8 cm³/mol. The molecule has 1 fully saturated rings. The molecule has 5 heteroatoms. The number of fused-ring (bicyclic) bond motifs is 1. The molecule has 0 atom stereocenters. The van der Waals surface area contributed by atoms with Crippen LogP contribution < -0.4 is 5.32 Å². The van der Waals surface area contributed by atoms with Crippen molar-refractivity contribution in [3.63, 3.8) is 0 Å². The van der Waals surface area contributed by atoms with Crippen LogP contribution in [-0.2, 0) is 0 Å². The lowest BCUT2D eigenvalue weighted by atomic mass is 9.95. The van der Waals surface area contributed by atoms with Crippen LogP contribution in [0.25, 0.3) is 16.2 Å². The SMILES string of the molecule is c1csc(-c2nc3cnccn3c2NC2CCCCC2)c1. The maximum absolute atomic E-state index is 4.77. The van der Waals surface area contributed by atoms with Gasteiger partial charge in [0.1, 0.15) is 11.5 Å². The average molecular weight is 298 g/mol. The van der Waals surface area contributed by atoms with Crippen molar-refractivity contribution in [1.29, 1.82) is 0 Å². The van der Waals surface area contributed by atoms with Gasteiger partial charge in [0.2, 0.25) is 0 Å². The van der Waals surface area contributed by atoms with Crippen LogP contribution >= 0.6 is 11.3 Å². The molecule has 0 aliphatic heterocycles. The number of rotatable bonds is 3. The molecule has 0 aromatic carbocycles. The van der Waals surface area contributed by atoms with E-state index in [1.807, 2.05) is 18.6 Å². The highest BCUT2D eigenvalue weighted by Gasteiger charge is 2.19. The van der Waals surface area contributed by atoms with Crippen molar-refractivity contribution in [2.75, 3.05) is 5.32 Å². The first-order valence-corrected chi connectivity index (χ1v) is 8.42. The van der Waals surface area contributed by atoms with Crippen LogP contribution in [0.2, 0.25) is 0 Å². The summed E-state index contributed by atoms with van der Waals surface area (Å²) < 4.78 is 2.12. The van der Waals surface area contributed by atoms with Gasteiger partial charge in [-0.05, 0) is 24.3 Å². The van der Waals surface area contributed by atoms with Crippen LogP contribution in [0.4, 0.5) is 5.82 Å². The van der Waals surface area contributed by atoms with E-state index in [9.17, 15) is 0 Å². The standard InChI is InChI=1S/C16H18N4S/c1-2-5-12(6-3-1)18-16-15(13-7-4-10-21-13)19-14-11-17-8-9-20(14)16/h4,7-12,18H,1-3,5-6H2. The van der Waals surface area contributed by atoms with Crippen molar-refractivity contribution in [2.45, 2.75) is 38.1 Å². The van der Waals surface area contributed by atoms with Crippen molar-refractivity contribution >= 4 is 22.8 Å². The summed E-state index contributed by atoms with van der Waals surface area (Å²) in [5.41, 5.74) is 1.95. The zero-order valence-corrected chi connectivity index (χ0v) is 12.6. The fourth-order valence-electron chi connectivity index (χ4n) is 3.07. The Hall–Kier alpha value is -1.88. The highest BCUT2D eigenvalue weighted by molar-refractivity contribution is 7.13. The van der Waals surface area contributed by atoms with Crippen molar-refractivity contribution in [3.8, 4) is 10.6 Å². The third-order valence-corrected chi connectivity index (χ3v) is 5.01. The number of hydrogen-bond donors (Lipinski definition) is 1. The second kappa shape index (κ2) is 5.48. The average Bonchev–Trinajstić information content (AvgIpc) is 3.16. The number of thiophene rings is 1. The topological polar surface area (TPSA) is 42.2 Å². The smallest absolute Gasteiger partial charge is 0.157 e. The molecule has 0 amide bonds. The van der Waals surface area contributed by atoms with Gasteiger partial charge < -0.3 is 5.32 Å². The largest absolute Gasteiger partial charge is 0.367 e. The van der Waals surface area contributed by atoms with Gasteiger partial charge in [-0.15, -0.1) is 11.3 Å². The fourth-order valence-corrected chi connectivity index (χ4v) is 3.78. The normalized spacial score (nSPS) is 16.4. The van der Waals surface area contributed by atoms with Gasteiger partial charge in [0, 0.05) is 18.4 Å². The van der Waals surface area contributed by atoms with Crippen LogP contribution in [0.1, 0.15) is 32.1 Å². The minimum atomic E-state index is 0.561. The van der Waals surface area contributed by atoms with Gasteiger partial charge in [-0.3, -0.25) is 9.38 Å². The molecule has 4 nitrogen and oxygen atoms in total. The highest BCUT2D eigenvalue weighted by atomic mass is 32.1. The summed E-state index contributed by atoms with van der Waals surface area (Å²) in [5, 5.41) is 5.84. The number of nitrogens with zero attached hydrogens (tertiary/aromatic N) is 3. The summed E-state index contributed by atoms with van der Waals surface area (Å²) in [4.78, 5) is 10.2. The number of aromatic nitrogens is 3. The zero-order valence-electron chi connectivity index (χ0n) is 11.8. The molecule has 1 aliphatic rings. The molecule has 4 rings (SSSR count). The Labute approximate surface area is 127 Å². The van der Waals surface area contributed by atoms with Crippen molar-refractivity contribution in [2.24, 2.45) is 0 Å². The Bertz CT molecular complexity index is 726. The van der Waals surface area contributed by atoms with Gasteiger partial charge in [0.25, 0.3) is 0 Å². The van der Waals surface area contributed by atoms with Gasteiger partial charge in [-0.25, -0.2) is 4.98 Å². The van der Waals surface area contributed by atoms with E-state index in [1.54, 1.807) is 11.3 Å². The molecule has 0 saturated heterocycles. The molecule has 21 heavy (non-hydrogen) atoms. The lowest BCUT2D eigenvalue weighted by Gasteiger charge is -2.24. The second-order valence-corrected chi connectivity index (χ2v) is 6.52. The summed E-state index contributed by atoms with van der Waals surface area (Å²) in [6.45, 7) is 0. The number of imidazole rings is 1. The lowest BCUT2D eigenvalue weighted by Crippen LogP contribution is -2.23. The van der Waals surface area contributed by atoms with Crippen LogP contribution in [0.5, 0.6) is 0 Å². The van der Waals surface area contributed by atoms with E-state index < -0.39 is 0 Å². The van der Waals surface area contributed by atoms with Gasteiger partial charge in [-0.1, -0.05) is 25.3 Å². The van der Waals surface area contributed by atoms with E-state index in [1.165, 1.54) is 37.0 Å². The first kappa shape index (κ1) is 12.8. The Kier molecular flexibility index (Phi) is 3.35. The molecule has 0 bridgehead atoms. The Morgan fingerprint density at radius 3 is 2.95 bits per heavy atom. The number of anilines is 1. The first-order chi connectivity index (χ1) is 10.4. The van der Waals surface area contributed by atoms with Crippen LogP contribution in [0, 0.1) is 0 Å². The minimum absolute atomic E-state index is 0.561. The summed E-state index contributed by atoms with van der Waals surface area (Å²) in [6.07, 6.45) is 12.2. The molecule has 3 heterocycles. The Balaban J connectivity index is 1.78. The van der Waals surface area contributed by atoms with Crippen molar-refractivity contribution < 1.29 is 0 Å². The molecule has 108 valence electrons. The van der Waals surface area contributed by atoms with Crippen LogP contribution in [0.15, 0.2) is 36.1 Å². The minimum Gasteiger partial charge on any atom is -0.367 e. The molecular weight excluding hydrogens is 280 g/mol. The van der Waals surface area contributed by atoms with Crippen molar-refractivity contribution in [1.82, 2.24) is 14.4 Å². The van der Waals surface area contributed by atoms with Gasteiger partial charge in [0.15, 0.2) is 5.65 Å². The molecular formula is C16H18N4S. The monoisotopic (exact) mass is 298 g/mol. The third-order valence-electron chi connectivity index (χ3n) is 4.13. The van der Waals surface area contributed by atoms with Crippen LogP contribution in [0.3, 0.4) is 0 Å². The van der Waals surface area contributed by atoms with E-state index >= 15 is 0 Å². The molecule has 1 saturated carbocycles. The molecule has 1 N–H and O–H groups in total. The Morgan fingerprint density at radius 1 is 1.24 bits per heavy atom. The van der Waals surface area contributed by atoms with Gasteiger partial charge in [0.05, 0.1) is 11.1 Å². The summed E-state index contributed by atoms with van der Waals surface area (Å²) in [7, 11) is 0. The van der Waals surface area contributed by atoms with E-state index in [-0.39, 0.29) is 0 Å². The van der Waals surface area contributed by atoms with E-state index in [4.69, 9.17) is 4.98 Å².